The molecule has 0 fully saturated rings. The van der Waals surface area contributed by atoms with Crippen LogP contribution in [0.1, 0.15) is 123 Å². The van der Waals surface area contributed by atoms with Crippen molar-refractivity contribution in [3.8, 4) is 0 Å². The van der Waals surface area contributed by atoms with E-state index >= 15 is 0 Å². The monoisotopic (exact) mass is 326 g/mol. The van der Waals surface area contributed by atoms with Crippen LogP contribution in [0.5, 0.6) is 0 Å². The summed E-state index contributed by atoms with van der Waals surface area (Å²) in [5.41, 5.74) is 11.6. The van der Waals surface area contributed by atoms with Gasteiger partial charge in [0.15, 0.2) is 0 Å². The highest BCUT2D eigenvalue weighted by Crippen LogP contribution is 2.15. The third kappa shape index (κ3) is 18.1. The molecule has 140 valence electrons. The van der Waals surface area contributed by atoms with Gasteiger partial charge < -0.3 is 11.5 Å². The zero-order valence-corrected chi connectivity index (χ0v) is 16.4. The van der Waals surface area contributed by atoms with Gasteiger partial charge in [0.1, 0.15) is 0 Å². The van der Waals surface area contributed by atoms with Crippen LogP contribution < -0.4 is 11.5 Å². The molecule has 0 aromatic carbocycles. The summed E-state index contributed by atoms with van der Waals surface area (Å²) in [5, 5.41) is 0. The zero-order chi connectivity index (χ0) is 17.2. The Kier molecular flexibility index (Phi) is 16.7. The molecule has 0 aromatic heterocycles. The number of hydrogen-bond donors (Lipinski definition) is 2. The fraction of sp³-hybridized carbons (Fsp3) is 1.00. The maximum atomic E-state index is 6.05. The molecule has 1 atom stereocenters. The molecule has 0 spiro atoms. The number of rotatable bonds is 18. The van der Waals surface area contributed by atoms with Crippen LogP contribution in [0.2, 0.25) is 0 Å². The van der Waals surface area contributed by atoms with Crippen molar-refractivity contribution in [2.24, 2.45) is 11.5 Å². The maximum Gasteiger partial charge on any atom is 0.0249 e. The van der Waals surface area contributed by atoms with Crippen LogP contribution in [0.3, 0.4) is 0 Å². The summed E-state index contributed by atoms with van der Waals surface area (Å²) >= 11 is 0. The lowest BCUT2D eigenvalue weighted by atomic mass is 9.95. The van der Waals surface area contributed by atoms with Gasteiger partial charge in [0.05, 0.1) is 0 Å². The SMILES string of the molecule is CCCCCCCCCCCCCCCCCCC(C)(N)CN. The van der Waals surface area contributed by atoms with Gasteiger partial charge in [-0.05, 0) is 13.3 Å². The standard InChI is InChI=1S/C21H46N2/c1-3-4-5-6-7-8-9-10-11-12-13-14-15-16-17-18-19-21(2,23)20-22/h3-20,22-23H2,1-2H3. The van der Waals surface area contributed by atoms with Crippen molar-refractivity contribution in [3.05, 3.63) is 0 Å². The molecule has 0 saturated heterocycles. The van der Waals surface area contributed by atoms with Crippen molar-refractivity contribution in [2.45, 2.75) is 129 Å². The van der Waals surface area contributed by atoms with E-state index in [1.165, 1.54) is 103 Å². The minimum Gasteiger partial charge on any atom is -0.329 e. The highest BCUT2D eigenvalue weighted by Gasteiger charge is 2.14. The number of hydrogen-bond acceptors (Lipinski definition) is 2. The predicted molar refractivity (Wildman–Crippen MR) is 106 cm³/mol. The van der Waals surface area contributed by atoms with E-state index in [2.05, 4.69) is 13.8 Å². The summed E-state index contributed by atoms with van der Waals surface area (Å²) in [6.45, 7) is 4.96. The van der Waals surface area contributed by atoms with Crippen LogP contribution >= 0.6 is 0 Å². The lowest BCUT2D eigenvalue weighted by Crippen LogP contribution is -2.43. The zero-order valence-electron chi connectivity index (χ0n) is 16.4. The van der Waals surface area contributed by atoms with Gasteiger partial charge >= 0.3 is 0 Å². The topological polar surface area (TPSA) is 52.0 Å². The smallest absolute Gasteiger partial charge is 0.0249 e. The molecule has 0 rings (SSSR count). The summed E-state index contributed by atoms with van der Waals surface area (Å²) in [6.07, 6.45) is 23.7. The van der Waals surface area contributed by atoms with Crippen LogP contribution in [0, 0.1) is 0 Å². The molecule has 0 heterocycles. The van der Waals surface area contributed by atoms with E-state index < -0.39 is 0 Å². The third-order valence-electron chi connectivity index (χ3n) is 5.07. The summed E-state index contributed by atoms with van der Waals surface area (Å²) in [4.78, 5) is 0. The Morgan fingerprint density at radius 1 is 0.565 bits per heavy atom. The normalized spacial score (nSPS) is 14.1. The molecule has 0 aliphatic heterocycles. The lowest BCUT2D eigenvalue weighted by Gasteiger charge is -2.21. The Bertz CT molecular complexity index is 226. The van der Waals surface area contributed by atoms with Crippen LogP contribution in [-0.4, -0.2) is 12.1 Å². The molecule has 0 radical (unpaired) electrons. The van der Waals surface area contributed by atoms with E-state index in [0.717, 1.165) is 6.42 Å². The predicted octanol–water partition coefficient (Wildman–Crippen LogP) is 6.31. The molecule has 0 aromatic rings. The molecular formula is C21H46N2. The summed E-state index contributed by atoms with van der Waals surface area (Å²) < 4.78 is 0. The quantitative estimate of drug-likeness (QED) is 0.290. The first-order valence-electron chi connectivity index (χ1n) is 10.6. The van der Waals surface area contributed by atoms with Crippen molar-refractivity contribution in [2.75, 3.05) is 6.54 Å². The Hall–Kier alpha value is -0.0800. The van der Waals surface area contributed by atoms with Crippen molar-refractivity contribution in [3.63, 3.8) is 0 Å². The van der Waals surface area contributed by atoms with E-state index in [0.29, 0.717) is 6.54 Å². The Balaban J connectivity index is 3.05. The molecule has 2 nitrogen and oxygen atoms in total. The summed E-state index contributed by atoms with van der Waals surface area (Å²) in [6, 6.07) is 0. The summed E-state index contributed by atoms with van der Waals surface area (Å²) in [7, 11) is 0. The first-order chi connectivity index (χ1) is 11.1. The largest absolute Gasteiger partial charge is 0.329 e. The number of unbranched alkanes of at least 4 members (excludes halogenated alkanes) is 15. The van der Waals surface area contributed by atoms with Crippen molar-refractivity contribution < 1.29 is 0 Å². The average Bonchev–Trinajstić information content (AvgIpc) is 2.54. The van der Waals surface area contributed by atoms with Gasteiger partial charge in [-0.1, -0.05) is 110 Å². The highest BCUT2D eigenvalue weighted by molar-refractivity contribution is 4.78. The molecule has 0 saturated carbocycles. The molecular weight excluding hydrogens is 280 g/mol. The first kappa shape index (κ1) is 22.9. The van der Waals surface area contributed by atoms with E-state index in [1.54, 1.807) is 0 Å². The molecule has 4 N–H and O–H groups in total. The molecule has 0 amide bonds. The van der Waals surface area contributed by atoms with Crippen LogP contribution in [0.15, 0.2) is 0 Å². The molecule has 0 bridgehead atoms. The highest BCUT2D eigenvalue weighted by atomic mass is 14.8. The van der Waals surface area contributed by atoms with Crippen molar-refractivity contribution in [1.29, 1.82) is 0 Å². The molecule has 23 heavy (non-hydrogen) atoms. The molecule has 2 heteroatoms. The maximum absolute atomic E-state index is 6.05. The van der Waals surface area contributed by atoms with E-state index in [1.807, 2.05) is 0 Å². The second-order valence-electron chi connectivity index (χ2n) is 7.91. The van der Waals surface area contributed by atoms with Crippen molar-refractivity contribution >= 4 is 0 Å². The van der Waals surface area contributed by atoms with Gasteiger partial charge in [0.2, 0.25) is 0 Å². The third-order valence-corrected chi connectivity index (χ3v) is 5.07. The van der Waals surface area contributed by atoms with Crippen LogP contribution in [0.4, 0.5) is 0 Å². The average molecular weight is 327 g/mol. The van der Waals surface area contributed by atoms with Gasteiger partial charge in [-0.3, -0.25) is 0 Å². The van der Waals surface area contributed by atoms with Gasteiger partial charge in [-0.15, -0.1) is 0 Å². The molecule has 0 aliphatic rings. The fourth-order valence-corrected chi connectivity index (χ4v) is 3.18. The first-order valence-corrected chi connectivity index (χ1v) is 10.6. The van der Waals surface area contributed by atoms with Crippen LogP contribution in [-0.2, 0) is 0 Å². The minimum atomic E-state index is -0.143. The Morgan fingerprint density at radius 3 is 1.17 bits per heavy atom. The van der Waals surface area contributed by atoms with E-state index in [-0.39, 0.29) is 5.54 Å². The Morgan fingerprint density at radius 2 is 0.870 bits per heavy atom. The minimum absolute atomic E-state index is 0.143. The van der Waals surface area contributed by atoms with Gasteiger partial charge in [0, 0.05) is 12.1 Å². The fourth-order valence-electron chi connectivity index (χ4n) is 3.18. The number of nitrogens with two attached hydrogens (primary N) is 2. The van der Waals surface area contributed by atoms with Crippen molar-refractivity contribution in [1.82, 2.24) is 0 Å². The molecule has 1 unspecified atom stereocenters. The molecule has 0 aliphatic carbocycles. The van der Waals surface area contributed by atoms with Gasteiger partial charge in [-0.2, -0.15) is 0 Å². The second kappa shape index (κ2) is 16.8. The summed E-state index contributed by atoms with van der Waals surface area (Å²) in [5.74, 6) is 0. The van der Waals surface area contributed by atoms with Crippen LogP contribution in [0.25, 0.3) is 0 Å². The van der Waals surface area contributed by atoms with E-state index in [4.69, 9.17) is 11.5 Å². The van der Waals surface area contributed by atoms with Gasteiger partial charge in [-0.25, -0.2) is 0 Å². The lowest BCUT2D eigenvalue weighted by molar-refractivity contribution is 0.415. The Labute approximate surface area is 147 Å². The van der Waals surface area contributed by atoms with E-state index in [9.17, 15) is 0 Å². The second-order valence-corrected chi connectivity index (χ2v) is 7.91. The van der Waals surface area contributed by atoms with Gasteiger partial charge in [0.25, 0.3) is 0 Å².